The standard InChI is InChI=1S/C47H39N/c1-46(2)39-13-7-5-12-35(39)38-26-32(16-19-40(38)46)48-42-20-18-36-34-11-6-8-14-41(34)47(30-22-27-21-28(24-30)25-31(47)23-27)44(36)43(42)37-17-15-29-9-3-4-10-33(29)45(37)48/h3-20,26-28,30-31H,21-25H2,1-2H3. The molecule has 6 aromatic carbocycles. The molecular formula is C47H39N. The molecule has 7 aromatic rings. The summed E-state index contributed by atoms with van der Waals surface area (Å²) in [6.45, 7) is 4.77. The van der Waals surface area contributed by atoms with Crippen molar-refractivity contribution >= 4 is 32.6 Å². The van der Waals surface area contributed by atoms with Gasteiger partial charge in [-0.3, -0.25) is 0 Å². The zero-order chi connectivity index (χ0) is 31.5. The van der Waals surface area contributed by atoms with E-state index in [-0.39, 0.29) is 10.8 Å². The topological polar surface area (TPSA) is 4.93 Å². The van der Waals surface area contributed by atoms with Crippen LogP contribution in [-0.4, -0.2) is 4.57 Å². The van der Waals surface area contributed by atoms with E-state index in [9.17, 15) is 0 Å². The van der Waals surface area contributed by atoms with Crippen molar-refractivity contribution in [1.29, 1.82) is 0 Å². The fraction of sp³-hybridized carbons (Fsp3) is 0.277. The summed E-state index contributed by atoms with van der Waals surface area (Å²) in [4.78, 5) is 0. The van der Waals surface area contributed by atoms with E-state index in [1.54, 1.807) is 11.1 Å². The highest BCUT2D eigenvalue weighted by Crippen LogP contribution is 2.70. The lowest BCUT2D eigenvalue weighted by Crippen LogP contribution is -2.55. The Morgan fingerprint density at radius 2 is 1.21 bits per heavy atom. The second kappa shape index (κ2) is 8.69. The van der Waals surface area contributed by atoms with Gasteiger partial charge in [-0.2, -0.15) is 0 Å². The van der Waals surface area contributed by atoms with Crippen LogP contribution in [-0.2, 0) is 10.8 Å². The molecule has 4 fully saturated rings. The molecule has 6 aliphatic rings. The molecule has 0 radical (unpaired) electrons. The maximum absolute atomic E-state index is 2.65. The van der Waals surface area contributed by atoms with E-state index in [0.29, 0.717) is 0 Å². The predicted molar refractivity (Wildman–Crippen MR) is 199 cm³/mol. The van der Waals surface area contributed by atoms with Crippen molar-refractivity contribution in [2.75, 3.05) is 0 Å². The number of rotatable bonds is 1. The van der Waals surface area contributed by atoms with Gasteiger partial charge in [0, 0.05) is 32.7 Å². The van der Waals surface area contributed by atoms with E-state index >= 15 is 0 Å². The van der Waals surface area contributed by atoms with Crippen molar-refractivity contribution in [3.05, 3.63) is 138 Å². The molecule has 48 heavy (non-hydrogen) atoms. The molecule has 4 bridgehead atoms. The number of benzene rings is 6. The van der Waals surface area contributed by atoms with Crippen LogP contribution in [0.5, 0.6) is 0 Å². The highest BCUT2D eigenvalue weighted by molar-refractivity contribution is 6.21. The first-order chi connectivity index (χ1) is 23.5. The molecule has 0 aliphatic heterocycles. The molecule has 4 saturated carbocycles. The van der Waals surface area contributed by atoms with E-state index in [1.165, 1.54) is 104 Å². The van der Waals surface area contributed by atoms with Gasteiger partial charge in [-0.25, -0.2) is 0 Å². The van der Waals surface area contributed by atoms with Crippen molar-refractivity contribution in [2.24, 2.45) is 23.7 Å². The SMILES string of the molecule is CC1(C)c2ccccc2-c2cc(-n3c4ccc5c(c4c4ccc6ccccc6c43)C3(c4ccccc4-5)C4CC5CC(C4)CC3C5)ccc21. The average Bonchev–Trinajstić information content (AvgIpc) is 3.69. The van der Waals surface area contributed by atoms with E-state index in [0.717, 1.165) is 23.7 Å². The maximum atomic E-state index is 2.65. The number of aromatic nitrogens is 1. The minimum absolute atomic E-state index is 0.00354. The molecule has 1 nitrogen and oxygen atoms in total. The van der Waals surface area contributed by atoms with Crippen LogP contribution in [0.4, 0.5) is 0 Å². The molecule has 1 heterocycles. The molecule has 1 heteroatoms. The average molecular weight is 618 g/mol. The highest BCUT2D eigenvalue weighted by atomic mass is 15.0. The van der Waals surface area contributed by atoms with Crippen molar-refractivity contribution in [3.63, 3.8) is 0 Å². The zero-order valence-electron chi connectivity index (χ0n) is 27.8. The summed E-state index contributed by atoms with van der Waals surface area (Å²) in [5, 5.41) is 5.59. The Morgan fingerprint density at radius 1 is 0.542 bits per heavy atom. The van der Waals surface area contributed by atoms with Crippen LogP contribution in [0.15, 0.2) is 115 Å². The van der Waals surface area contributed by atoms with Gasteiger partial charge < -0.3 is 4.57 Å². The highest BCUT2D eigenvalue weighted by Gasteiger charge is 2.62. The molecule has 0 atom stereocenters. The second-order valence-corrected chi connectivity index (χ2v) is 16.5. The summed E-state index contributed by atoms with van der Waals surface area (Å²) >= 11 is 0. The monoisotopic (exact) mass is 617 g/mol. The summed E-state index contributed by atoms with van der Waals surface area (Å²) < 4.78 is 2.65. The summed E-state index contributed by atoms with van der Waals surface area (Å²) in [6, 6.07) is 44.9. The third kappa shape index (κ3) is 2.94. The first-order valence-electron chi connectivity index (χ1n) is 18.4. The van der Waals surface area contributed by atoms with Crippen molar-refractivity contribution in [3.8, 4) is 27.9 Å². The molecule has 13 rings (SSSR count). The van der Waals surface area contributed by atoms with Crippen LogP contribution >= 0.6 is 0 Å². The minimum Gasteiger partial charge on any atom is -0.309 e. The van der Waals surface area contributed by atoms with Gasteiger partial charge in [0.1, 0.15) is 0 Å². The molecular weight excluding hydrogens is 579 g/mol. The van der Waals surface area contributed by atoms with Crippen molar-refractivity contribution in [2.45, 2.75) is 56.8 Å². The molecule has 0 unspecified atom stereocenters. The normalized spacial score (nSPS) is 26.8. The Hall–Kier alpha value is -4.62. The van der Waals surface area contributed by atoms with Gasteiger partial charge >= 0.3 is 0 Å². The third-order valence-corrected chi connectivity index (χ3v) is 14.1. The van der Waals surface area contributed by atoms with Gasteiger partial charge in [0.05, 0.1) is 11.0 Å². The first-order valence-corrected chi connectivity index (χ1v) is 18.4. The van der Waals surface area contributed by atoms with Crippen LogP contribution in [0.2, 0.25) is 0 Å². The summed E-state index contributed by atoms with van der Waals surface area (Å²) in [5.41, 5.74) is 16.1. The molecule has 0 amide bonds. The molecule has 0 saturated heterocycles. The fourth-order valence-corrected chi connectivity index (χ4v) is 12.6. The van der Waals surface area contributed by atoms with Crippen LogP contribution in [0.1, 0.15) is 68.2 Å². The van der Waals surface area contributed by atoms with E-state index in [4.69, 9.17) is 0 Å². The molecule has 232 valence electrons. The largest absolute Gasteiger partial charge is 0.309 e. The van der Waals surface area contributed by atoms with E-state index in [2.05, 4.69) is 134 Å². The minimum atomic E-state index is -0.00354. The van der Waals surface area contributed by atoms with Crippen molar-refractivity contribution in [1.82, 2.24) is 4.57 Å². The van der Waals surface area contributed by atoms with Gasteiger partial charge in [-0.15, -0.1) is 0 Å². The summed E-state index contributed by atoms with van der Waals surface area (Å²) in [5.74, 6) is 3.33. The van der Waals surface area contributed by atoms with Gasteiger partial charge in [0.2, 0.25) is 0 Å². The van der Waals surface area contributed by atoms with Crippen LogP contribution in [0.25, 0.3) is 60.5 Å². The molecule has 6 aliphatic carbocycles. The van der Waals surface area contributed by atoms with Gasteiger partial charge in [0.25, 0.3) is 0 Å². The quantitative estimate of drug-likeness (QED) is 0.173. The lowest BCUT2D eigenvalue weighted by atomic mass is 9.43. The van der Waals surface area contributed by atoms with Crippen LogP contribution in [0, 0.1) is 23.7 Å². The Balaban J connectivity index is 1.23. The Kier molecular flexibility index (Phi) is 4.77. The third-order valence-electron chi connectivity index (χ3n) is 14.1. The number of hydrogen-bond acceptors (Lipinski definition) is 0. The number of hydrogen-bond donors (Lipinski definition) is 0. The van der Waals surface area contributed by atoms with Crippen molar-refractivity contribution < 1.29 is 0 Å². The number of fused-ring (bicyclic) bond motifs is 12. The smallest absolute Gasteiger partial charge is 0.0619 e. The zero-order valence-corrected chi connectivity index (χ0v) is 27.8. The van der Waals surface area contributed by atoms with Gasteiger partial charge in [0.15, 0.2) is 0 Å². The number of nitrogens with zero attached hydrogens (tertiary/aromatic N) is 1. The molecule has 0 N–H and O–H groups in total. The summed E-state index contributed by atoms with van der Waals surface area (Å²) in [6.07, 6.45) is 7.08. The Labute approximate surface area is 282 Å². The molecule has 1 aromatic heterocycles. The Bertz CT molecular complexity index is 2530. The fourth-order valence-electron chi connectivity index (χ4n) is 12.6. The first kappa shape index (κ1) is 26.3. The Morgan fingerprint density at radius 3 is 2.00 bits per heavy atom. The summed E-state index contributed by atoms with van der Waals surface area (Å²) in [7, 11) is 0. The van der Waals surface area contributed by atoms with E-state index < -0.39 is 0 Å². The van der Waals surface area contributed by atoms with Gasteiger partial charge in [-0.1, -0.05) is 111 Å². The maximum Gasteiger partial charge on any atom is 0.0619 e. The second-order valence-electron chi connectivity index (χ2n) is 16.5. The molecule has 1 spiro atoms. The lowest BCUT2D eigenvalue weighted by Gasteiger charge is -2.61. The lowest BCUT2D eigenvalue weighted by molar-refractivity contribution is -0.0393. The van der Waals surface area contributed by atoms with Gasteiger partial charge in [-0.05, 0) is 124 Å². The van der Waals surface area contributed by atoms with E-state index in [1.807, 2.05) is 0 Å². The van der Waals surface area contributed by atoms with Crippen LogP contribution in [0.3, 0.4) is 0 Å². The predicted octanol–water partition coefficient (Wildman–Crippen LogP) is 12.0. The van der Waals surface area contributed by atoms with Crippen LogP contribution < -0.4 is 0 Å².